The monoisotopic (exact) mass is 202 g/mol. The van der Waals surface area contributed by atoms with Gasteiger partial charge in [0.15, 0.2) is 0 Å². The lowest BCUT2D eigenvalue weighted by Crippen LogP contribution is -2.05. The first-order chi connectivity index (χ1) is 6.50. The molecule has 0 atom stereocenters. The third-order valence-corrected chi connectivity index (χ3v) is 1.84. The predicted octanol–water partition coefficient (Wildman–Crippen LogP) is 2.43. The largest absolute Gasteiger partial charge is 0.417 e. The van der Waals surface area contributed by atoms with Gasteiger partial charge < -0.3 is 10.3 Å². The number of rotatable bonds is 0. The summed E-state index contributed by atoms with van der Waals surface area (Å²) in [7, 11) is 0. The van der Waals surface area contributed by atoms with Gasteiger partial charge in [-0.05, 0) is 12.1 Å². The Morgan fingerprint density at radius 3 is 2.64 bits per heavy atom. The highest BCUT2D eigenvalue weighted by Crippen LogP contribution is 2.36. The van der Waals surface area contributed by atoms with Gasteiger partial charge in [-0.3, -0.25) is 0 Å². The minimum Gasteiger partial charge on any atom is -0.367 e. The number of hydrogen-bond donors (Lipinski definition) is 1. The van der Waals surface area contributed by atoms with Crippen molar-refractivity contribution < 1.29 is 17.7 Å². The molecule has 1 aromatic heterocycles. The molecule has 0 fully saturated rings. The smallest absolute Gasteiger partial charge is 0.367 e. The normalized spacial score (nSPS) is 12.2. The maximum atomic E-state index is 12.5. The van der Waals surface area contributed by atoms with E-state index in [1.807, 2.05) is 0 Å². The van der Waals surface area contributed by atoms with Gasteiger partial charge in [0.2, 0.25) is 5.88 Å². The Kier molecular flexibility index (Phi) is 1.67. The van der Waals surface area contributed by atoms with Crippen LogP contribution >= 0.6 is 0 Å². The molecule has 74 valence electrons. The van der Waals surface area contributed by atoms with Gasteiger partial charge in [0.05, 0.1) is 10.9 Å². The highest BCUT2D eigenvalue weighted by atomic mass is 19.4. The van der Waals surface area contributed by atoms with Crippen LogP contribution in [0, 0.1) is 0 Å². The maximum Gasteiger partial charge on any atom is 0.417 e. The van der Waals surface area contributed by atoms with Crippen molar-refractivity contribution in [2.75, 3.05) is 5.73 Å². The van der Waals surface area contributed by atoms with E-state index in [4.69, 9.17) is 5.73 Å². The van der Waals surface area contributed by atoms with E-state index in [0.29, 0.717) is 0 Å². The van der Waals surface area contributed by atoms with Gasteiger partial charge in [0.25, 0.3) is 0 Å². The van der Waals surface area contributed by atoms with Crippen molar-refractivity contribution in [1.29, 1.82) is 0 Å². The fourth-order valence-electron chi connectivity index (χ4n) is 1.26. The van der Waals surface area contributed by atoms with Gasteiger partial charge in [-0.2, -0.15) is 13.2 Å². The number of nitrogens with zero attached hydrogens (tertiary/aromatic N) is 1. The van der Waals surface area contributed by atoms with Crippen molar-refractivity contribution in [2.24, 2.45) is 0 Å². The van der Waals surface area contributed by atoms with Crippen LogP contribution in [0.25, 0.3) is 10.9 Å². The SMILES string of the molecule is Nc1onc2cccc(C(F)(F)F)c12. The highest BCUT2D eigenvalue weighted by molar-refractivity contribution is 5.90. The minimum absolute atomic E-state index is 0.109. The van der Waals surface area contributed by atoms with Crippen LogP contribution in [0.15, 0.2) is 22.7 Å². The number of alkyl halides is 3. The molecule has 14 heavy (non-hydrogen) atoms. The molecule has 0 amide bonds. The zero-order valence-corrected chi connectivity index (χ0v) is 6.80. The third kappa shape index (κ3) is 1.19. The summed E-state index contributed by atoms with van der Waals surface area (Å²) in [5.74, 6) is -0.312. The molecule has 0 bridgehead atoms. The number of benzene rings is 1. The van der Waals surface area contributed by atoms with Crippen LogP contribution in [-0.2, 0) is 6.18 Å². The Morgan fingerprint density at radius 1 is 1.29 bits per heavy atom. The summed E-state index contributed by atoms with van der Waals surface area (Å²) in [6, 6.07) is 3.60. The van der Waals surface area contributed by atoms with Gasteiger partial charge in [-0.25, -0.2) is 0 Å². The molecule has 0 radical (unpaired) electrons. The number of nitrogens with two attached hydrogens (primary N) is 1. The molecule has 0 unspecified atom stereocenters. The molecule has 0 spiro atoms. The quantitative estimate of drug-likeness (QED) is 0.713. The van der Waals surface area contributed by atoms with Gasteiger partial charge in [0.1, 0.15) is 5.52 Å². The number of nitrogen functional groups attached to an aromatic ring is 1. The summed E-state index contributed by atoms with van der Waals surface area (Å²) in [4.78, 5) is 0. The fraction of sp³-hybridized carbons (Fsp3) is 0.125. The second kappa shape index (κ2) is 2.63. The molecular weight excluding hydrogens is 197 g/mol. The first kappa shape index (κ1) is 8.86. The predicted molar refractivity (Wildman–Crippen MR) is 43.4 cm³/mol. The lowest BCUT2D eigenvalue weighted by Gasteiger charge is -2.06. The number of halogens is 3. The third-order valence-electron chi connectivity index (χ3n) is 1.84. The molecule has 0 aliphatic carbocycles. The van der Waals surface area contributed by atoms with Crippen molar-refractivity contribution >= 4 is 16.8 Å². The average Bonchev–Trinajstić information content (AvgIpc) is 2.46. The van der Waals surface area contributed by atoms with Crippen LogP contribution in [0.3, 0.4) is 0 Å². The minimum atomic E-state index is -4.45. The Labute approximate surface area is 76.3 Å². The summed E-state index contributed by atoms with van der Waals surface area (Å²) in [5, 5.41) is 3.21. The fourth-order valence-corrected chi connectivity index (χ4v) is 1.26. The molecule has 2 aromatic rings. The zero-order chi connectivity index (χ0) is 10.3. The topological polar surface area (TPSA) is 52.0 Å². The summed E-state index contributed by atoms with van der Waals surface area (Å²) in [5.41, 5.74) is 4.53. The first-order valence-electron chi connectivity index (χ1n) is 3.71. The molecule has 0 saturated carbocycles. The molecule has 0 aliphatic rings. The van der Waals surface area contributed by atoms with E-state index in [0.717, 1.165) is 6.07 Å². The molecule has 3 nitrogen and oxygen atoms in total. The van der Waals surface area contributed by atoms with E-state index in [2.05, 4.69) is 9.68 Å². The Morgan fingerprint density at radius 2 is 2.00 bits per heavy atom. The number of anilines is 1. The summed E-state index contributed by atoms with van der Waals surface area (Å²) in [6.07, 6.45) is -4.45. The number of hydrogen-bond acceptors (Lipinski definition) is 3. The number of aromatic nitrogens is 1. The molecular formula is C8H5F3N2O. The van der Waals surface area contributed by atoms with Crippen molar-refractivity contribution in [3.05, 3.63) is 23.8 Å². The Hall–Kier alpha value is -1.72. The van der Waals surface area contributed by atoms with Crippen LogP contribution in [0.4, 0.5) is 19.1 Å². The summed E-state index contributed by atoms with van der Waals surface area (Å²) >= 11 is 0. The molecule has 0 saturated heterocycles. The van der Waals surface area contributed by atoms with Gasteiger partial charge in [0, 0.05) is 0 Å². The molecule has 1 aromatic carbocycles. The molecule has 2 N–H and O–H groups in total. The van der Waals surface area contributed by atoms with E-state index in [1.54, 1.807) is 0 Å². The van der Waals surface area contributed by atoms with Crippen molar-refractivity contribution in [1.82, 2.24) is 5.16 Å². The van der Waals surface area contributed by atoms with Crippen LogP contribution in [-0.4, -0.2) is 5.16 Å². The van der Waals surface area contributed by atoms with Crippen LogP contribution in [0.5, 0.6) is 0 Å². The van der Waals surface area contributed by atoms with Gasteiger partial charge >= 0.3 is 6.18 Å². The molecule has 2 rings (SSSR count). The molecule has 1 heterocycles. The lowest BCUT2D eigenvalue weighted by molar-refractivity contribution is -0.136. The van der Waals surface area contributed by atoms with Gasteiger partial charge in [-0.1, -0.05) is 11.2 Å². The average molecular weight is 202 g/mol. The van der Waals surface area contributed by atoms with E-state index in [-0.39, 0.29) is 16.8 Å². The molecule has 6 heteroatoms. The van der Waals surface area contributed by atoms with Crippen LogP contribution in [0.1, 0.15) is 5.56 Å². The van der Waals surface area contributed by atoms with Crippen molar-refractivity contribution in [2.45, 2.75) is 6.18 Å². The summed E-state index contributed by atoms with van der Waals surface area (Å²) in [6.45, 7) is 0. The van der Waals surface area contributed by atoms with E-state index >= 15 is 0 Å². The molecule has 0 aliphatic heterocycles. The summed E-state index contributed by atoms with van der Waals surface area (Å²) < 4.78 is 41.8. The van der Waals surface area contributed by atoms with Crippen molar-refractivity contribution in [3.63, 3.8) is 0 Å². The Bertz CT molecular complexity index is 475. The highest BCUT2D eigenvalue weighted by Gasteiger charge is 2.34. The van der Waals surface area contributed by atoms with E-state index < -0.39 is 11.7 Å². The van der Waals surface area contributed by atoms with E-state index in [9.17, 15) is 13.2 Å². The second-order valence-electron chi connectivity index (χ2n) is 2.74. The zero-order valence-electron chi connectivity index (χ0n) is 6.80. The number of fused-ring (bicyclic) bond motifs is 1. The Balaban J connectivity index is 2.82. The van der Waals surface area contributed by atoms with Gasteiger partial charge in [-0.15, -0.1) is 0 Å². The maximum absolute atomic E-state index is 12.5. The second-order valence-corrected chi connectivity index (χ2v) is 2.74. The lowest BCUT2D eigenvalue weighted by atomic mass is 10.1. The van der Waals surface area contributed by atoms with E-state index in [1.165, 1.54) is 12.1 Å². The van der Waals surface area contributed by atoms with Crippen LogP contribution in [0.2, 0.25) is 0 Å². The van der Waals surface area contributed by atoms with Crippen LogP contribution < -0.4 is 5.73 Å². The first-order valence-corrected chi connectivity index (χ1v) is 3.71. The standard InChI is InChI=1S/C8H5F3N2O/c9-8(10,11)4-2-1-3-5-6(4)7(12)14-13-5/h1-3H,12H2. The van der Waals surface area contributed by atoms with Crippen molar-refractivity contribution in [3.8, 4) is 0 Å².